The van der Waals surface area contributed by atoms with Crippen molar-refractivity contribution in [2.24, 2.45) is 11.8 Å². The van der Waals surface area contributed by atoms with Crippen LogP contribution < -0.4 is 0 Å². The van der Waals surface area contributed by atoms with Gasteiger partial charge in [0.2, 0.25) is 0 Å². The lowest BCUT2D eigenvalue weighted by atomic mass is 9.86. The molecule has 1 aromatic carbocycles. The number of hydrogen-bond donors (Lipinski definition) is 0. The molecule has 1 heterocycles. The zero-order valence-electron chi connectivity index (χ0n) is 11.6. The Hall–Kier alpha value is -0.860. The Morgan fingerprint density at radius 2 is 1.94 bits per heavy atom. The van der Waals surface area contributed by atoms with Crippen LogP contribution >= 0.6 is 0 Å². The van der Waals surface area contributed by atoms with Gasteiger partial charge in [0.1, 0.15) is 0 Å². The third-order valence-corrected chi connectivity index (χ3v) is 4.69. The number of hydrogen-bond acceptors (Lipinski definition) is 2. The quantitative estimate of drug-likeness (QED) is 0.789. The molecule has 1 saturated heterocycles. The average molecular weight is 245 g/mol. The fourth-order valence-electron chi connectivity index (χ4n) is 3.76. The lowest BCUT2D eigenvalue weighted by Crippen LogP contribution is -2.33. The van der Waals surface area contributed by atoms with E-state index in [1.54, 1.807) is 0 Å². The van der Waals surface area contributed by atoms with Crippen LogP contribution in [0.25, 0.3) is 0 Å². The Morgan fingerprint density at radius 3 is 2.67 bits per heavy atom. The van der Waals surface area contributed by atoms with Gasteiger partial charge in [0.25, 0.3) is 0 Å². The van der Waals surface area contributed by atoms with Gasteiger partial charge >= 0.3 is 0 Å². The van der Waals surface area contributed by atoms with Crippen molar-refractivity contribution in [3.8, 4) is 0 Å². The van der Waals surface area contributed by atoms with E-state index < -0.39 is 0 Å². The number of rotatable bonds is 2. The van der Waals surface area contributed by atoms with Crippen LogP contribution in [-0.2, 0) is 11.4 Å². The van der Waals surface area contributed by atoms with Crippen molar-refractivity contribution < 1.29 is 4.84 Å². The molecule has 1 aliphatic carbocycles. The normalized spacial score (nSPS) is 34.7. The maximum absolute atomic E-state index is 6.22. The molecule has 2 heteroatoms. The molecular weight excluding hydrogens is 222 g/mol. The number of nitrogens with zero attached hydrogens (tertiary/aromatic N) is 1. The van der Waals surface area contributed by atoms with E-state index in [-0.39, 0.29) is 5.60 Å². The van der Waals surface area contributed by atoms with Crippen LogP contribution in [0, 0.1) is 11.8 Å². The van der Waals surface area contributed by atoms with Crippen LogP contribution in [0.1, 0.15) is 39.2 Å². The van der Waals surface area contributed by atoms with Crippen molar-refractivity contribution in [3.63, 3.8) is 0 Å². The summed E-state index contributed by atoms with van der Waals surface area (Å²) in [4.78, 5) is 6.22. The van der Waals surface area contributed by atoms with E-state index in [1.807, 2.05) is 0 Å². The van der Waals surface area contributed by atoms with E-state index in [0.717, 1.165) is 12.5 Å². The summed E-state index contributed by atoms with van der Waals surface area (Å²) < 4.78 is 0. The second-order valence-electron chi connectivity index (χ2n) is 6.41. The summed E-state index contributed by atoms with van der Waals surface area (Å²) in [6.07, 6.45) is 2.65. The summed E-state index contributed by atoms with van der Waals surface area (Å²) in [5.41, 5.74) is 1.34. The van der Waals surface area contributed by atoms with Gasteiger partial charge in [0.05, 0.1) is 5.60 Å². The highest BCUT2D eigenvalue weighted by molar-refractivity contribution is 5.15. The van der Waals surface area contributed by atoms with Crippen LogP contribution in [0.15, 0.2) is 30.3 Å². The highest BCUT2D eigenvalue weighted by Crippen LogP contribution is 2.48. The summed E-state index contributed by atoms with van der Waals surface area (Å²) in [6.45, 7) is 7.77. The topological polar surface area (TPSA) is 12.5 Å². The van der Waals surface area contributed by atoms with Gasteiger partial charge in [0.15, 0.2) is 0 Å². The molecule has 0 spiro atoms. The monoisotopic (exact) mass is 245 g/mol. The van der Waals surface area contributed by atoms with Crippen molar-refractivity contribution in [1.82, 2.24) is 5.06 Å². The summed E-state index contributed by atoms with van der Waals surface area (Å²) in [6, 6.07) is 11.2. The number of benzene rings is 1. The SMILES string of the molecule is CC1CCC2C1N(Cc1ccccc1)OC2(C)C. The standard InChI is InChI=1S/C16H23NO/c1-12-9-10-14-15(12)17(18-16(14,2)3)11-13-7-5-4-6-8-13/h4-8,12,14-15H,9-11H2,1-3H3. The Kier molecular flexibility index (Phi) is 2.95. The minimum absolute atomic E-state index is 0.00417. The first-order valence-electron chi connectivity index (χ1n) is 7.07. The van der Waals surface area contributed by atoms with Crippen LogP contribution in [0.4, 0.5) is 0 Å². The van der Waals surface area contributed by atoms with Crippen molar-refractivity contribution in [2.75, 3.05) is 0 Å². The molecule has 0 bridgehead atoms. The molecule has 1 aliphatic heterocycles. The lowest BCUT2D eigenvalue weighted by Gasteiger charge is -2.26. The van der Waals surface area contributed by atoms with Crippen LogP contribution in [0.2, 0.25) is 0 Å². The van der Waals surface area contributed by atoms with Gasteiger partial charge in [-0.2, -0.15) is 5.06 Å². The van der Waals surface area contributed by atoms with Gasteiger partial charge in [-0.25, -0.2) is 0 Å². The third-order valence-electron chi connectivity index (χ3n) is 4.69. The Labute approximate surface area is 110 Å². The number of fused-ring (bicyclic) bond motifs is 1. The largest absolute Gasteiger partial charge is 0.292 e. The summed E-state index contributed by atoms with van der Waals surface area (Å²) in [5, 5.41) is 2.25. The fraction of sp³-hybridized carbons (Fsp3) is 0.625. The van der Waals surface area contributed by atoms with Crippen molar-refractivity contribution >= 4 is 0 Å². The van der Waals surface area contributed by atoms with E-state index in [0.29, 0.717) is 12.0 Å². The van der Waals surface area contributed by atoms with E-state index in [9.17, 15) is 0 Å². The van der Waals surface area contributed by atoms with Gasteiger partial charge in [-0.15, -0.1) is 0 Å². The summed E-state index contributed by atoms with van der Waals surface area (Å²) >= 11 is 0. The smallest absolute Gasteiger partial charge is 0.0887 e. The molecule has 1 aromatic rings. The number of hydroxylamine groups is 2. The van der Waals surface area contributed by atoms with E-state index in [4.69, 9.17) is 4.84 Å². The molecule has 1 saturated carbocycles. The lowest BCUT2D eigenvalue weighted by molar-refractivity contribution is -0.208. The Morgan fingerprint density at radius 1 is 1.22 bits per heavy atom. The molecule has 3 rings (SSSR count). The molecule has 3 atom stereocenters. The molecule has 2 fully saturated rings. The van der Waals surface area contributed by atoms with Gasteiger partial charge in [-0.3, -0.25) is 4.84 Å². The molecule has 98 valence electrons. The maximum Gasteiger partial charge on any atom is 0.0887 e. The Balaban J connectivity index is 1.80. The predicted octanol–water partition coefficient (Wildman–Crippen LogP) is 3.63. The zero-order chi connectivity index (χ0) is 12.8. The van der Waals surface area contributed by atoms with Crippen LogP contribution in [0.3, 0.4) is 0 Å². The first-order chi connectivity index (χ1) is 8.58. The average Bonchev–Trinajstić information content (AvgIpc) is 2.82. The van der Waals surface area contributed by atoms with Gasteiger partial charge in [0, 0.05) is 18.5 Å². The van der Waals surface area contributed by atoms with E-state index in [1.165, 1.54) is 18.4 Å². The summed E-state index contributed by atoms with van der Waals surface area (Å²) in [5.74, 6) is 1.44. The van der Waals surface area contributed by atoms with Gasteiger partial charge in [-0.05, 0) is 38.2 Å². The Bertz CT molecular complexity index is 414. The zero-order valence-corrected chi connectivity index (χ0v) is 11.6. The van der Waals surface area contributed by atoms with Crippen molar-refractivity contribution in [2.45, 2.75) is 51.8 Å². The molecule has 0 aromatic heterocycles. The van der Waals surface area contributed by atoms with Crippen molar-refractivity contribution in [3.05, 3.63) is 35.9 Å². The van der Waals surface area contributed by atoms with E-state index in [2.05, 4.69) is 56.2 Å². The molecule has 2 aliphatic rings. The van der Waals surface area contributed by atoms with Gasteiger partial charge in [-0.1, -0.05) is 37.3 Å². The minimum atomic E-state index is 0.00417. The highest BCUT2D eigenvalue weighted by atomic mass is 16.7. The molecule has 0 amide bonds. The molecule has 3 unspecified atom stereocenters. The van der Waals surface area contributed by atoms with Crippen LogP contribution in [-0.4, -0.2) is 16.7 Å². The molecule has 0 N–H and O–H groups in total. The third kappa shape index (κ3) is 1.98. The maximum atomic E-state index is 6.22. The van der Waals surface area contributed by atoms with Crippen molar-refractivity contribution in [1.29, 1.82) is 0 Å². The second-order valence-corrected chi connectivity index (χ2v) is 6.41. The first-order valence-corrected chi connectivity index (χ1v) is 7.07. The second kappa shape index (κ2) is 4.36. The molecule has 18 heavy (non-hydrogen) atoms. The highest BCUT2D eigenvalue weighted by Gasteiger charge is 2.53. The summed E-state index contributed by atoms with van der Waals surface area (Å²) in [7, 11) is 0. The molecular formula is C16H23NO. The fourth-order valence-corrected chi connectivity index (χ4v) is 3.76. The molecule has 0 radical (unpaired) electrons. The van der Waals surface area contributed by atoms with E-state index >= 15 is 0 Å². The predicted molar refractivity (Wildman–Crippen MR) is 72.8 cm³/mol. The molecule has 2 nitrogen and oxygen atoms in total. The van der Waals surface area contributed by atoms with Gasteiger partial charge < -0.3 is 0 Å². The van der Waals surface area contributed by atoms with Crippen LogP contribution in [0.5, 0.6) is 0 Å². The first kappa shape index (κ1) is 12.2. The minimum Gasteiger partial charge on any atom is -0.292 e.